The highest BCUT2D eigenvalue weighted by atomic mass is 32.2. The lowest BCUT2D eigenvalue weighted by atomic mass is 9.98. The van der Waals surface area contributed by atoms with Crippen LogP contribution < -0.4 is 9.62 Å². The fraction of sp³-hybridized carbons (Fsp3) is 0.389. The third-order valence-electron chi connectivity index (χ3n) is 4.81. The molecular weight excluding hydrogens is 364 g/mol. The Balaban J connectivity index is 1.39. The minimum atomic E-state index is -3.35. The maximum absolute atomic E-state index is 12.4. The van der Waals surface area contributed by atoms with Gasteiger partial charge in [0, 0.05) is 19.6 Å². The Kier molecular flexibility index (Phi) is 5.04. The SMILES string of the molecule is O=S(=O)(Cc1ccccc1)NC[C@H]1CCCN(c2ncnc3nc[nH]c23)C1. The van der Waals surface area contributed by atoms with Crippen molar-refractivity contribution in [3.63, 3.8) is 0 Å². The van der Waals surface area contributed by atoms with Crippen LogP contribution in [0.15, 0.2) is 43.0 Å². The molecule has 27 heavy (non-hydrogen) atoms. The largest absolute Gasteiger partial charge is 0.354 e. The molecule has 2 N–H and O–H groups in total. The molecule has 1 atom stereocenters. The molecule has 0 bridgehead atoms. The van der Waals surface area contributed by atoms with Gasteiger partial charge in [-0.2, -0.15) is 0 Å². The van der Waals surface area contributed by atoms with Crippen molar-refractivity contribution in [1.29, 1.82) is 0 Å². The van der Waals surface area contributed by atoms with E-state index >= 15 is 0 Å². The summed E-state index contributed by atoms with van der Waals surface area (Å²) in [6, 6.07) is 9.23. The van der Waals surface area contributed by atoms with E-state index in [2.05, 4.69) is 29.6 Å². The van der Waals surface area contributed by atoms with Crippen molar-refractivity contribution in [2.45, 2.75) is 18.6 Å². The summed E-state index contributed by atoms with van der Waals surface area (Å²) in [7, 11) is -3.35. The van der Waals surface area contributed by atoms with E-state index in [1.54, 1.807) is 6.33 Å². The van der Waals surface area contributed by atoms with Gasteiger partial charge in [0.15, 0.2) is 11.5 Å². The van der Waals surface area contributed by atoms with Gasteiger partial charge in [0.1, 0.15) is 11.8 Å². The van der Waals surface area contributed by atoms with Crippen LogP contribution in [-0.4, -0.2) is 48.0 Å². The van der Waals surface area contributed by atoms with Gasteiger partial charge < -0.3 is 9.88 Å². The predicted octanol–water partition coefficient (Wildman–Crippen LogP) is 1.69. The number of imidazole rings is 1. The lowest BCUT2D eigenvalue weighted by molar-refractivity contribution is 0.409. The molecular formula is C18H22N6O2S. The molecule has 0 saturated carbocycles. The molecule has 3 heterocycles. The first-order chi connectivity index (χ1) is 13.1. The van der Waals surface area contributed by atoms with Crippen LogP contribution in [0.2, 0.25) is 0 Å². The van der Waals surface area contributed by atoms with Crippen LogP contribution in [0.3, 0.4) is 0 Å². The number of H-pyrrole nitrogens is 1. The lowest BCUT2D eigenvalue weighted by Gasteiger charge is -2.33. The zero-order valence-corrected chi connectivity index (χ0v) is 15.7. The molecule has 1 fully saturated rings. The van der Waals surface area contributed by atoms with Gasteiger partial charge in [-0.15, -0.1) is 0 Å². The molecule has 1 aromatic carbocycles. The van der Waals surface area contributed by atoms with Gasteiger partial charge in [-0.25, -0.2) is 28.1 Å². The highest BCUT2D eigenvalue weighted by Gasteiger charge is 2.24. The summed E-state index contributed by atoms with van der Waals surface area (Å²) in [4.78, 5) is 18.0. The Morgan fingerprint density at radius 3 is 2.89 bits per heavy atom. The standard InChI is InChI=1S/C18H22N6O2S/c25-27(26,11-14-5-2-1-3-6-14)23-9-15-7-4-8-24(10-15)18-16-17(20-12-19-16)21-13-22-18/h1-3,5-6,12-13,15,23H,4,7-11H2,(H,19,20,21,22)/t15-/m1/s1. The summed E-state index contributed by atoms with van der Waals surface area (Å²) in [5.41, 5.74) is 2.26. The van der Waals surface area contributed by atoms with Crippen molar-refractivity contribution in [3.05, 3.63) is 48.5 Å². The summed E-state index contributed by atoms with van der Waals surface area (Å²) in [6.07, 6.45) is 5.11. The zero-order valence-electron chi connectivity index (χ0n) is 14.9. The van der Waals surface area contributed by atoms with Crippen molar-refractivity contribution in [1.82, 2.24) is 24.7 Å². The second-order valence-electron chi connectivity index (χ2n) is 6.85. The average Bonchev–Trinajstić information content (AvgIpc) is 3.16. The Labute approximate surface area is 158 Å². The molecule has 8 nitrogen and oxygen atoms in total. The predicted molar refractivity (Wildman–Crippen MR) is 104 cm³/mol. The number of rotatable bonds is 6. The lowest BCUT2D eigenvalue weighted by Crippen LogP contribution is -2.41. The van der Waals surface area contributed by atoms with Gasteiger partial charge in [0.2, 0.25) is 10.0 Å². The molecule has 1 aliphatic rings. The highest BCUT2D eigenvalue weighted by Crippen LogP contribution is 2.25. The number of aromatic nitrogens is 4. The number of fused-ring (bicyclic) bond motifs is 1. The van der Waals surface area contributed by atoms with E-state index in [1.807, 2.05) is 30.3 Å². The number of sulfonamides is 1. The first-order valence-electron chi connectivity index (χ1n) is 9.01. The Morgan fingerprint density at radius 2 is 2.04 bits per heavy atom. The number of benzene rings is 1. The number of piperidine rings is 1. The second kappa shape index (κ2) is 7.61. The smallest absolute Gasteiger partial charge is 0.215 e. The van der Waals surface area contributed by atoms with Gasteiger partial charge in [0.25, 0.3) is 0 Å². The molecule has 4 rings (SSSR count). The third-order valence-corrected chi connectivity index (χ3v) is 6.13. The molecule has 3 aromatic rings. The fourth-order valence-corrected chi connectivity index (χ4v) is 4.73. The molecule has 0 radical (unpaired) electrons. The minimum Gasteiger partial charge on any atom is -0.354 e. The molecule has 142 valence electrons. The molecule has 0 aliphatic carbocycles. The molecule has 0 amide bonds. The van der Waals surface area contributed by atoms with Crippen LogP contribution in [0.1, 0.15) is 18.4 Å². The summed E-state index contributed by atoms with van der Waals surface area (Å²) >= 11 is 0. The van der Waals surface area contributed by atoms with Crippen molar-refractivity contribution in [3.8, 4) is 0 Å². The number of anilines is 1. The Bertz CT molecular complexity index is 1000. The number of hydrogen-bond donors (Lipinski definition) is 2. The molecule has 1 aliphatic heterocycles. The number of hydrogen-bond acceptors (Lipinski definition) is 6. The van der Waals surface area contributed by atoms with Crippen LogP contribution in [0.5, 0.6) is 0 Å². The van der Waals surface area contributed by atoms with Gasteiger partial charge in [-0.05, 0) is 24.3 Å². The number of nitrogens with one attached hydrogen (secondary N) is 2. The number of nitrogens with zero attached hydrogens (tertiary/aromatic N) is 4. The maximum atomic E-state index is 12.4. The maximum Gasteiger partial charge on any atom is 0.215 e. The van der Waals surface area contributed by atoms with Gasteiger partial charge in [0.05, 0.1) is 12.1 Å². The van der Waals surface area contributed by atoms with Gasteiger partial charge >= 0.3 is 0 Å². The van der Waals surface area contributed by atoms with E-state index in [4.69, 9.17) is 0 Å². The van der Waals surface area contributed by atoms with Crippen molar-refractivity contribution >= 4 is 27.0 Å². The average molecular weight is 386 g/mol. The zero-order chi connectivity index (χ0) is 18.7. The van der Waals surface area contributed by atoms with Crippen LogP contribution in [-0.2, 0) is 15.8 Å². The van der Waals surface area contributed by atoms with E-state index in [-0.39, 0.29) is 11.7 Å². The number of aromatic amines is 1. The van der Waals surface area contributed by atoms with Gasteiger partial charge in [-0.3, -0.25) is 0 Å². The molecule has 1 saturated heterocycles. The van der Waals surface area contributed by atoms with Crippen molar-refractivity contribution < 1.29 is 8.42 Å². The molecule has 0 spiro atoms. The van der Waals surface area contributed by atoms with Crippen molar-refractivity contribution in [2.75, 3.05) is 24.5 Å². The summed E-state index contributed by atoms with van der Waals surface area (Å²) in [6.45, 7) is 2.07. The first-order valence-corrected chi connectivity index (χ1v) is 10.7. The van der Waals surface area contributed by atoms with Crippen LogP contribution in [0.4, 0.5) is 5.82 Å². The van der Waals surface area contributed by atoms with Crippen molar-refractivity contribution in [2.24, 2.45) is 5.92 Å². The van der Waals surface area contributed by atoms with E-state index in [9.17, 15) is 8.42 Å². The van der Waals surface area contributed by atoms with Gasteiger partial charge in [-0.1, -0.05) is 30.3 Å². The summed E-state index contributed by atoms with van der Waals surface area (Å²) < 4.78 is 27.5. The second-order valence-corrected chi connectivity index (χ2v) is 8.65. The molecule has 0 unspecified atom stereocenters. The fourth-order valence-electron chi connectivity index (χ4n) is 3.51. The van der Waals surface area contributed by atoms with E-state index in [0.717, 1.165) is 42.8 Å². The van der Waals surface area contributed by atoms with Crippen LogP contribution in [0.25, 0.3) is 11.2 Å². The first kappa shape index (κ1) is 17.9. The quantitative estimate of drug-likeness (QED) is 0.668. The topological polar surface area (TPSA) is 104 Å². The van der Waals surface area contributed by atoms with E-state index in [1.165, 1.54) is 6.33 Å². The molecule has 9 heteroatoms. The normalized spacial score (nSPS) is 18.1. The summed E-state index contributed by atoms with van der Waals surface area (Å²) in [5.74, 6) is 1.07. The Morgan fingerprint density at radius 1 is 1.19 bits per heavy atom. The highest BCUT2D eigenvalue weighted by molar-refractivity contribution is 7.88. The van der Waals surface area contributed by atoms with Crippen LogP contribution in [0, 0.1) is 5.92 Å². The third kappa shape index (κ3) is 4.25. The minimum absolute atomic E-state index is 0.00491. The van der Waals surface area contributed by atoms with E-state index in [0.29, 0.717) is 12.2 Å². The van der Waals surface area contributed by atoms with Crippen LogP contribution >= 0.6 is 0 Å². The van der Waals surface area contributed by atoms with E-state index < -0.39 is 10.0 Å². The summed E-state index contributed by atoms with van der Waals surface area (Å²) in [5, 5.41) is 0. The molecule has 2 aromatic heterocycles. The monoisotopic (exact) mass is 386 g/mol. The Hall–Kier alpha value is -2.52.